The molecule has 1 saturated carbocycles. The zero-order valence-electron chi connectivity index (χ0n) is 13.0. The van der Waals surface area contributed by atoms with Crippen LogP contribution in [0.1, 0.15) is 44.1 Å². The highest BCUT2D eigenvalue weighted by atomic mass is 16.2. The number of rotatable bonds is 5. The molecule has 2 rings (SSSR count). The highest BCUT2D eigenvalue weighted by molar-refractivity contribution is 5.92. The first-order valence-corrected chi connectivity index (χ1v) is 8.05. The molecule has 2 amide bonds. The molecule has 1 aliphatic rings. The Bertz CT molecular complexity index is 438. The third-order valence-electron chi connectivity index (χ3n) is 4.11. The fourth-order valence-electron chi connectivity index (χ4n) is 2.82. The minimum atomic E-state index is 0.0132. The maximum absolute atomic E-state index is 12.6. The molecule has 1 fully saturated rings. The van der Waals surface area contributed by atoms with Crippen LogP contribution in [0.5, 0.6) is 0 Å². The van der Waals surface area contributed by atoms with Crippen LogP contribution in [0.3, 0.4) is 0 Å². The monoisotopic (exact) mass is 289 g/mol. The highest BCUT2D eigenvalue weighted by Gasteiger charge is 2.20. The first kappa shape index (κ1) is 15.8. The van der Waals surface area contributed by atoms with Gasteiger partial charge in [0.1, 0.15) is 0 Å². The van der Waals surface area contributed by atoms with Crippen molar-refractivity contribution in [3.63, 3.8) is 0 Å². The van der Waals surface area contributed by atoms with Gasteiger partial charge in [0.25, 0.3) is 0 Å². The van der Waals surface area contributed by atoms with E-state index in [1.165, 1.54) is 24.8 Å². The van der Waals surface area contributed by atoms with Gasteiger partial charge in [0, 0.05) is 18.3 Å². The topological polar surface area (TPSA) is 58.4 Å². The van der Waals surface area contributed by atoms with Gasteiger partial charge in [-0.25, -0.2) is 4.79 Å². The zero-order valence-corrected chi connectivity index (χ0v) is 13.0. The van der Waals surface area contributed by atoms with Crippen molar-refractivity contribution in [2.24, 2.45) is 5.73 Å². The highest BCUT2D eigenvalue weighted by Crippen LogP contribution is 2.19. The summed E-state index contributed by atoms with van der Waals surface area (Å²) in [6.07, 6.45) is 6.75. The maximum Gasteiger partial charge on any atom is 0.322 e. The molecule has 0 saturated heterocycles. The summed E-state index contributed by atoms with van der Waals surface area (Å²) >= 11 is 0. The van der Waals surface area contributed by atoms with E-state index in [0.717, 1.165) is 24.9 Å². The number of carbonyl (C=O) groups is 1. The van der Waals surface area contributed by atoms with Crippen molar-refractivity contribution in [2.45, 2.75) is 51.5 Å². The van der Waals surface area contributed by atoms with Crippen LogP contribution in [-0.2, 0) is 0 Å². The number of amides is 2. The molecule has 116 valence electrons. The van der Waals surface area contributed by atoms with Crippen molar-refractivity contribution in [1.82, 2.24) is 5.32 Å². The molecule has 0 radical (unpaired) electrons. The molecule has 0 aliphatic heterocycles. The molecule has 0 atom stereocenters. The summed E-state index contributed by atoms with van der Waals surface area (Å²) in [5.74, 6) is 0. The molecule has 3 N–H and O–H groups in total. The molecule has 4 heteroatoms. The van der Waals surface area contributed by atoms with Gasteiger partial charge in [0.05, 0.1) is 0 Å². The van der Waals surface area contributed by atoms with Crippen LogP contribution in [0, 0.1) is 6.92 Å². The van der Waals surface area contributed by atoms with Crippen molar-refractivity contribution in [3.05, 3.63) is 29.8 Å². The lowest BCUT2D eigenvalue weighted by atomic mass is 9.96. The van der Waals surface area contributed by atoms with Crippen LogP contribution in [0.4, 0.5) is 10.5 Å². The number of benzene rings is 1. The molecule has 21 heavy (non-hydrogen) atoms. The molecule has 1 aromatic rings. The Hall–Kier alpha value is -1.55. The Morgan fingerprint density at radius 3 is 2.52 bits per heavy atom. The minimum Gasteiger partial charge on any atom is -0.335 e. The van der Waals surface area contributed by atoms with Crippen LogP contribution in [0.2, 0.25) is 0 Å². The van der Waals surface area contributed by atoms with Crippen LogP contribution >= 0.6 is 0 Å². The first-order chi connectivity index (χ1) is 10.2. The second kappa shape index (κ2) is 8.03. The van der Waals surface area contributed by atoms with Crippen LogP contribution < -0.4 is 16.0 Å². The summed E-state index contributed by atoms with van der Waals surface area (Å²) in [6.45, 7) is 3.31. The number of hydrogen-bond donors (Lipinski definition) is 2. The molecule has 1 aromatic carbocycles. The molecule has 1 aliphatic carbocycles. The minimum absolute atomic E-state index is 0.0132. The summed E-state index contributed by atoms with van der Waals surface area (Å²) in [4.78, 5) is 14.4. The van der Waals surface area contributed by atoms with E-state index in [4.69, 9.17) is 5.73 Å². The van der Waals surface area contributed by atoms with Gasteiger partial charge in [-0.3, -0.25) is 4.90 Å². The van der Waals surface area contributed by atoms with Gasteiger partial charge >= 0.3 is 6.03 Å². The Balaban J connectivity index is 2.03. The number of carbonyl (C=O) groups excluding carboxylic acids is 1. The Kier molecular flexibility index (Phi) is 6.05. The molecule has 0 unspecified atom stereocenters. The number of hydrogen-bond acceptors (Lipinski definition) is 2. The number of aryl methyl sites for hydroxylation is 1. The van der Waals surface area contributed by atoms with Crippen molar-refractivity contribution >= 4 is 11.7 Å². The van der Waals surface area contributed by atoms with E-state index in [1.807, 2.05) is 29.2 Å². The van der Waals surface area contributed by atoms with Crippen LogP contribution in [0.25, 0.3) is 0 Å². The third kappa shape index (κ3) is 4.74. The number of anilines is 1. The van der Waals surface area contributed by atoms with Gasteiger partial charge < -0.3 is 11.1 Å². The lowest BCUT2D eigenvalue weighted by Gasteiger charge is -2.28. The van der Waals surface area contributed by atoms with Crippen LogP contribution in [0.15, 0.2) is 24.3 Å². The molecular formula is C17H27N3O. The fourth-order valence-corrected chi connectivity index (χ4v) is 2.82. The number of nitrogens with two attached hydrogens (primary N) is 1. The first-order valence-electron chi connectivity index (χ1n) is 8.05. The molecule has 4 nitrogen and oxygen atoms in total. The molecule has 0 aromatic heterocycles. The second-order valence-corrected chi connectivity index (χ2v) is 5.91. The number of nitrogens with zero attached hydrogens (tertiary/aromatic N) is 1. The standard InChI is InChI=1S/C17H27N3O/c1-14-8-10-16(11-9-14)20(13-5-12-18)17(21)19-15-6-3-2-4-7-15/h8-11,15H,2-7,12-13,18H2,1H3,(H,19,21). The predicted molar refractivity (Wildman–Crippen MR) is 87.6 cm³/mol. The summed E-state index contributed by atoms with van der Waals surface area (Å²) in [5.41, 5.74) is 7.75. The number of urea groups is 1. The Morgan fingerprint density at radius 2 is 1.90 bits per heavy atom. The maximum atomic E-state index is 12.6. The van der Waals surface area contributed by atoms with Gasteiger partial charge in [0.2, 0.25) is 0 Å². The lowest BCUT2D eigenvalue weighted by molar-refractivity contribution is 0.238. The average molecular weight is 289 g/mol. The predicted octanol–water partition coefficient (Wildman–Crippen LogP) is 3.19. The molecule has 0 bridgehead atoms. The Labute approximate surface area is 127 Å². The van der Waals surface area contributed by atoms with E-state index in [1.54, 1.807) is 0 Å². The molecule has 0 heterocycles. The van der Waals surface area contributed by atoms with Gasteiger partial charge in [-0.15, -0.1) is 0 Å². The Morgan fingerprint density at radius 1 is 1.24 bits per heavy atom. The quantitative estimate of drug-likeness (QED) is 0.874. The van der Waals surface area contributed by atoms with E-state index in [-0.39, 0.29) is 6.03 Å². The van der Waals surface area contributed by atoms with Gasteiger partial charge in [-0.05, 0) is 44.9 Å². The van der Waals surface area contributed by atoms with E-state index in [2.05, 4.69) is 12.2 Å². The van der Waals surface area contributed by atoms with E-state index in [9.17, 15) is 4.79 Å². The van der Waals surface area contributed by atoms with Gasteiger partial charge in [0.15, 0.2) is 0 Å². The van der Waals surface area contributed by atoms with E-state index >= 15 is 0 Å². The number of nitrogens with one attached hydrogen (secondary N) is 1. The fraction of sp³-hybridized carbons (Fsp3) is 0.588. The second-order valence-electron chi connectivity index (χ2n) is 5.91. The van der Waals surface area contributed by atoms with Crippen molar-refractivity contribution in [1.29, 1.82) is 0 Å². The third-order valence-corrected chi connectivity index (χ3v) is 4.11. The summed E-state index contributed by atoms with van der Waals surface area (Å²) in [6, 6.07) is 8.44. The SMILES string of the molecule is Cc1ccc(N(CCCN)C(=O)NC2CCCCC2)cc1. The van der Waals surface area contributed by atoms with Crippen molar-refractivity contribution < 1.29 is 4.79 Å². The van der Waals surface area contributed by atoms with Crippen LogP contribution in [-0.4, -0.2) is 25.2 Å². The molecular weight excluding hydrogens is 262 g/mol. The summed E-state index contributed by atoms with van der Waals surface area (Å²) in [5, 5.41) is 3.19. The normalized spacial score (nSPS) is 15.7. The summed E-state index contributed by atoms with van der Waals surface area (Å²) in [7, 11) is 0. The largest absolute Gasteiger partial charge is 0.335 e. The summed E-state index contributed by atoms with van der Waals surface area (Å²) < 4.78 is 0. The van der Waals surface area contributed by atoms with Gasteiger partial charge in [-0.2, -0.15) is 0 Å². The molecule has 0 spiro atoms. The average Bonchev–Trinajstić information content (AvgIpc) is 2.50. The lowest BCUT2D eigenvalue weighted by Crippen LogP contribution is -2.46. The van der Waals surface area contributed by atoms with Crippen molar-refractivity contribution in [2.75, 3.05) is 18.0 Å². The van der Waals surface area contributed by atoms with Gasteiger partial charge in [-0.1, -0.05) is 37.0 Å². The van der Waals surface area contributed by atoms with E-state index in [0.29, 0.717) is 19.1 Å². The van der Waals surface area contributed by atoms with E-state index < -0.39 is 0 Å². The zero-order chi connectivity index (χ0) is 15.1. The van der Waals surface area contributed by atoms with Crippen molar-refractivity contribution in [3.8, 4) is 0 Å². The smallest absolute Gasteiger partial charge is 0.322 e.